The Kier molecular flexibility index (Phi) is 5.51. The number of ether oxygens (including phenoxy) is 1. The van der Waals surface area contributed by atoms with Gasteiger partial charge in [-0.05, 0) is 48.7 Å². The van der Waals surface area contributed by atoms with Gasteiger partial charge in [-0.2, -0.15) is 0 Å². The molecule has 0 saturated carbocycles. The maximum absolute atomic E-state index is 11.8. The van der Waals surface area contributed by atoms with E-state index < -0.39 is 5.97 Å². The van der Waals surface area contributed by atoms with Crippen molar-refractivity contribution in [3.05, 3.63) is 28.1 Å². The number of thiocarbonyl (C=S) groups is 1. The normalized spacial score (nSPS) is 20.6. The van der Waals surface area contributed by atoms with Gasteiger partial charge in [-0.1, -0.05) is 25.4 Å². The third kappa shape index (κ3) is 3.91. The van der Waals surface area contributed by atoms with Gasteiger partial charge in [-0.15, -0.1) is 11.3 Å². The Hall–Kier alpha value is -1.37. The molecular weight excluding hydrogens is 376 g/mol. The summed E-state index contributed by atoms with van der Waals surface area (Å²) in [5.74, 6) is 0.877. The van der Waals surface area contributed by atoms with Gasteiger partial charge in [-0.3, -0.25) is 0 Å². The van der Waals surface area contributed by atoms with Crippen molar-refractivity contribution >= 4 is 62.0 Å². The van der Waals surface area contributed by atoms with Crippen molar-refractivity contribution in [3.8, 4) is 0 Å². The minimum Gasteiger partial charge on any atom is -0.465 e. The van der Waals surface area contributed by atoms with E-state index in [0.717, 1.165) is 34.0 Å². The highest BCUT2D eigenvalue weighted by Crippen LogP contribution is 2.37. The molecule has 2 aromatic rings. The first-order valence-electron chi connectivity index (χ1n) is 8.25. The zero-order valence-electron chi connectivity index (χ0n) is 14.5. The molecule has 1 aromatic heterocycles. The van der Waals surface area contributed by atoms with E-state index in [1.807, 2.05) is 18.2 Å². The van der Waals surface area contributed by atoms with E-state index in [0.29, 0.717) is 21.7 Å². The van der Waals surface area contributed by atoms with Crippen LogP contribution in [0.1, 0.15) is 29.9 Å². The van der Waals surface area contributed by atoms with E-state index in [1.54, 1.807) is 0 Å². The Balaban J connectivity index is 1.80. The molecule has 1 aromatic carbocycles. The number of carbonyl (C=O) groups is 1. The highest BCUT2D eigenvalue weighted by molar-refractivity contribution is 7.80. The molecule has 0 amide bonds. The Morgan fingerprint density at radius 2 is 2.04 bits per heavy atom. The lowest BCUT2D eigenvalue weighted by Crippen LogP contribution is -2.44. The van der Waals surface area contributed by atoms with Crippen LogP contribution in [0.15, 0.2) is 18.2 Å². The van der Waals surface area contributed by atoms with E-state index in [1.165, 1.54) is 24.9 Å². The number of hydrogen-bond donors (Lipinski definition) is 1. The maximum atomic E-state index is 11.8. The van der Waals surface area contributed by atoms with Crippen molar-refractivity contribution < 1.29 is 9.53 Å². The summed E-state index contributed by atoms with van der Waals surface area (Å²) in [6.45, 7) is 6.49. The average Bonchev–Trinajstić information content (AvgIpc) is 2.89. The quantitative estimate of drug-likeness (QED) is 0.570. The molecule has 0 radical (unpaired) electrons. The number of fused-ring (bicyclic) bond motifs is 1. The number of piperidine rings is 1. The maximum Gasteiger partial charge on any atom is 0.349 e. The average molecular weight is 397 g/mol. The monoisotopic (exact) mass is 396 g/mol. The molecule has 134 valence electrons. The van der Waals surface area contributed by atoms with Crippen LogP contribution in [0, 0.1) is 11.8 Å². The van der Waals surface area contributed by atoms with Crippen molar-refractivity contribution in [2.45, 2.75) is 20.3 Å². The zero-order chi connectivity index (χ0) is 18.1. The molecular formula is C18H21ClN2O2S2. The van der Waals surface area contributed by atoms with Gasteiger partial charge in [-0.25, -0.2) is 4.79 Å². The molecule has 1 fully saturated rings. The van der Waals surface area contributed by atoms with Crippen LogP contribution in [0.3, 0.4) is 0 Å². The number of likely N-dealkylation sites (tertiary alicyclic amines) is 1. The van der Waals surface area contributed by atoms with Crippen LogP contribution in [0.2, 0.25) is 5.02 Å². The predicted molar refractivity (Wildman–Crippen MR) is 109 cm³/mol. The Labute approximate surface area is 162 Å². The van der Waals surface area contributed by atoms with Crippen LogP contribution >= 0.6 is 35.2 Å². The van der Waals surface area contributed by atoms with Gasteiger partial charge < -0.3 is 15.0 Å². The summed E-state index contributed by atoms with van der Waals surface area (Å²) in [5.41, 5.74) is 0.901. The van der Waals surface area contributed by atoms with Crippen LogP contribution < -0.4 is 5.32 Å². The minimum atomic E-state index is -0.410. The Bertz CT molecular complexity index is 811. The van der Waals surface area contributed by atoms with E-state index in [-0.39, 0.29) is 0 Å². The van der Waals surface area contributed by atoms with E-state index >= 15 is 0 Å². The molecule has 1 aliphatic rings. The number of esters is 1. The summed E-state index contributed by atoms with van der Waals surface area (Å²) < 4.78 is 5.71. The number of hydrogen-bond acceptors (Lipinski definition) is 4. The van der Waals surface area contributed by atoms with Crippen LogP contribution in [-0.4, -0.2) is 36.2 Å². The van der Waals surface area contributed by atoms with Gasteiger partial charge in [0, 0.05) is 28.9 Å². The number of benzene rings is 1. The van der Waals surface area contributed by atoms with Crippen molar-refractivity contribution in [1.82, 2.24) is 4.90 Å². The van der Waals surface area contributed by atoms with Gasteiger partial charge in [0.15, 0.2) is 5.11 Å². The molecule has 1 aliphatic heterocycles. The molecule has 3 rings (SSSR count). The molecule has 2 heterocycles. The molecule has 7 heteroatoms. The second-order valence-electron chi connectivity index (χ2n) is 6.73. The first-order valence-corrected chi connectivity index (χ1v) is 9.85. The molecule has 0 spiro atoms. The van der Waals surface area contributed by atoms with Crippen LogP contribution in [0.25, 0.3) is 10.1 Å². The number of nitrogens with one attached hydrogen (secondary N) is 1. The van der Waals surface area contributed by atoms with Gasteiger partial charge >= 0.3 is 5.97 Å². The lowest BCUT2D eigenvalue weighted by molar-refractivity contribution is 0.0606. The fourth-order valence-corrected chi connectivity index (χ4v) is 5.13. The number of thiophene rings is 1. The van der Waals surface area contributed by atoms with Crippen LogP contribution in [-0.2, 0) is 4.74 Å². The number of rotatable bonds is 2. The van der Waals surface area contributed by atoms with Crippen LogP contribution in [0.4, 0.5) is 5.69 Å². The predicted octanol–water partition coefficient (Wildman–Crippen LogP) is 5.02. The molecule has 2 unspecified atom stereocenters. The summed E-state index contributed by atoms with van der Waals surface area (Å²) in [4.78, 5) is 14.5. The lowest BCUT2D eigenvalue weighted by Gasteiger charge is -2.36. The Morgan fingerprint density at radius 3 is 2.68 bits per heavy atom. The SMILES string of the molecule is COC(=O)c1sc2cc(NC(=S)N3CC(C)CC(C)C3)ccc2c1Cl. The number of anilines is 1. The van der Waals surface area contributed by atoms with Crippen molar-refractivity contribution in [1.29, 1.82) is 0 Å². The third-order valence-corrected chi connectivity index (χ3v) is 6.41. The highest BCUT2D eigenvalue weighted by atomic mass is 35.5. The first-order chi connectivity index (χ1) is 11.9. The highest BCUT2D eigenvalue weighted by Gasteiger charge is 2.24. The molecule has 4 nitrogen and oxygen atoms in total. The van der Waals surface area contributed by atoms with Crippen LogP contribution in [0.5, 0.6) is 0 Å². The topological polar surface area (TPSA) is 41.6 Å². The minimum absolute atomic E-state index is 0.410. The second kappa shape index (κ2) is 7.48. The zero-order valence-corrected chi connectivity index (χ0v) is 16.9. The molecule has 25 heavy (non-hydrogen) atoms. The number of nitrogens with zero attached hydrogens (tertiary/aromatic N) is 1. The number of carbonyl (C=O) groups excluding carboxylic acids is 1. The summed E-state index contributed by atoms with van der Waals surface area (Å²) in [6.07, 6.45) is 1.25. The Morgan fingerprint density at radius 1 is 1.36 bits per heavy atom. The second-order valence-corrected chi connectivity index (χ2v) is 8.55. The van der Waals surface area contributed by atoms with E-state index in [4.69, 9.17) is 28.6 Å². The number of methoxy groups -OCH3 is 1. The van der Waals surface area contributed by atoms with Crippen molar-refractivity contribution in [3.63, 3.8) is 0 Å². The third-order valence-electron chi connectivity index (χ3n) is 4.41. The van der Waals surface area contributed by atoms with Gasteiger partial charge in [0.25, 0.3) is 0 Å². The number of halogens is 1. The fraction of sp³-hybridized carbons (Fsp3) is 0.444. The largest absolute Gasteiger partial charge is 0.465 e. The molecule has 1 N–H and O–H groups in total. The lowest BCUT2D eigenvalue weighted by atomic mass is 9.92. The summed E-state index contributed by atoms with van der Waals surface area (Å²) >= 11 is 13.2. The smallest absolute Gasteiger partial charge is 0.349 e. The van der Waals surface area contributed by atoms with Crippen molar-refractivity contribution in [2.75, 3.05) is 25.5 Å². The van der Waals surface area contributed by atoms with Gasteiger partial charge in [0.2, 0.25) is 0 Å². The molecule has 2 atom stereocenters. The van der Waals surface area contributed by atoms with Gasteiger partial charge in [0.1, 0.15) is 4.88 Å². The van der Waals surface area contributed by atoms with Gasteiger partial charge in [0.05, 0.1) is 12.1 Å². The summed E-state index contributed by atoms with van der Waals surface area (Å²) in [7, 11) is 1.36. The van der Waals surface area contributed by atoms with E-state index in [2.05, 4.69) is 24.1 Å². The van der Waals surface area contributed by atoms with E-state index in [9.17, 15) is 4.79 Å². The molecule has 1 saturated heterocycles. The first kappa shape index (κ1) is 18.4. The standard InChI is InChI=1S/C18H21ClN2O2S2/c1-10-6-11(2)9-21(8-10)18(24)20-12-4-5-13-14(7-12)25-16(15(13)19)17(22)23-3/h4-5,7,10-11H,6,8-9H2,1-3H3,(H,20,24). The summed E-state index contributed by atoms with van der Waals surface area (Å²) in [5, 5.41) is 5.36. The van der Waals surface area contributed by atoms with Crippen molar-refractivity contribution in [2.24, 2.45) is 11.8 Å². The summed E-state index contributed by atoms with van der Waals surface area (Å²) in [6, 6.07) is 5.82. The molecule has 0 bridgehead atoms. The molecule has 0 aliphatic carbocycles. The fourth-order valence-electron chi connectivity index (χ4n) is 3.40.